The molecular weight excluding hydrogens is 328 g/mol. The molecule has 0 saturated heterocycles. The van der Waals surface area contributed by atoms with Crippen molar-refractivity contribution in [2.24, 2.45) is 4.99 Å². The van der Waals surface area contributed by atoms with E-state index < -0.39 is 10.0 Å². The van der Waals surface area contributed by atoms with E-state index in [-0.39, 0.29) is 11.4 Å². The summed E-state index contributed by atoms with van der Waals surface area (Å²) in [7, 11) is -1.96. The molecule has 0 aromatic heterocycles. The smallest absolute Gasteiger partial charge is 0.240 e. The van der Waals surface area contributed by atoms with Gasteiger partial charge >= 0.3 is 0 Å². The van der Waals surface area contributed by atoms with E-state index in [4.69, 9.17) is 4.74 Å². The number of hydrogen-bond acceptors (Lipinski definition) is 4. The van der Waals surface area contributed by atoms with Gasteiger partial charge in [-0.2, -0.15) is 0 Å². The molecule has 7 nitrogen and oxygen atoms in total. The van der Waals surface area contributed by atoms with Crippen molar-refractivity contribution in [1.82, 2.24) is 15.4 Å². The molecule has 0 spiro atoms. The molecule has 0 unspecified atom stereocenters. The maximum absolute atomic E-state index is 12.1. The van der Waals surface area contributed by atoms with E-state index in [1.54, 1.807) is 24.3 Å². The molecule has 134 valence electrons. The number of sulfonamides is 1. The zero-order valence-electron chi connectivity index (χ0n) is 14.2. The summed E-state index contributed by atoms with van der Waals surface area (Å²) in [5, 5.41) is 6.56. The van der Waals surface area contributed by atoms with Crippen molar-refractivity contribution in [2.75, 3.05) is 26.8 Å². The standard InChI is InChI=1S/C16H26N4O3S/c1-3-17-16(20-14-6-7-14)18-12-13-4-8-15(9-5-13)24(21,22)19-10-11-23-2/h4-5,8-9,14,19H,3,6-7,10-12H2,1-2H3,(H2,17,18,20). The first-order valence-electron chi connectivity index (χ1n) is 8.17. The molecule has 1 fully saturated rings. The minimum absolute atomic E-state index is 0.245. The highest BCUT2D eigenvalue weighted by Gasteiger charge is 2.22. The van der Waals surface area contributed by atoms with Crippen molar-refractivity contribution in [3.63, 3.8) is 0 Å². The topological polar surface area (TPSA) is 91.8 Å². The predicted molar refractivity (Wildman–Crippen MR) is 94.5 cm³/mol. The Morgan fingerprint density at radius 3 is 2.58 bits per heavy atom. The zero-order valence-corrected chi connectivity index (χ0v) is 15.0. The molecule has 1 aromatic carbocycles. The van der Waals surface area contributed by atoms with Gasteiger partial charge in [-0.25, -0.2) is 18.1 Å². The van der Waals surface area contributed by atoms with Crippen molar-refractivity contribution in [3.8, 4) is 0 Å². The first-order valence-corrected chi connectivity index (χ1v) is 9.66. The maximum Gasteiger partial charge on any atom is 0.240 e. The van der Waals surface area contributed by atoms with Gasteiger partial charge in [0, 0.05) is 26.2 Å². The number of benzene rings is 1. The van der Waals surface area contributed by atoms with Crippen molar-refractivity contribution in [2.45, 2.75) is 37.2 Å². The molecule has 0 bridgehead atoms. The third kappa shape index (κ3) is 6.10. The number of guanidine groups is 1. The average molecular weight is 354 g/mol. The SMILES string of the molecule is CCNC(=NCc1ccc(S(=O)(=O)NCCOC)cc1)NC1CC1. The molecule has 0 aliphatic heterocycles. The van der Waals surface area contributed by atoms with E-state index >= 15 is 0 Å². The summed E-state index contributed by atoms with van der Waals surface area (Å²) in [5.41, 5.74) is 0.957. The van der Waals surface area contributed by atoms with Gasteiger partial charge in [-0.1, -0.05) is 12.1 Å². The summed E-state index contributed by atoms with van der Waals surface area (Å²) in [6.07, 6.45) is 2.38. The van der Waals surface area contributed by atoms with Gasteiger partial charge < -0.3 is 15.4 Å². The Bertz CT molecular complexity index is 640. The van der Waals surface area contributed by atoms with Gasteiger partial charge in [0.1, 0.15) is 0 Å². The first-order chi connectivity index (χ1) is 11.5. The van der Waals surface area contributed by atoms with Crippen LogP contribution in [-0.2, 0) is 21.3 Å². The fourth-order valence-electron chi connectivity index (χ4n) is 2.05. The van der Waals surface area contributed by atoms with Gasteiger partial charge in [-0.05, 0) is 37.5 Å². The molecule has 3 N–H and O–H groups in total. The number of hydrogen-bond donors (Lipinski definition) is 3. The number of nitrogens with zero attached hydrogens (tertiary/aromatic N) is 1. The van der Waals surface area contributed by atoms with Crippen molar-refractivity contribution in [1.29, 1.82) is 0 Å². The summed E-state index contributed by atoms with van der Waals surface area (Å²) < 4.78 is 31.5. The summed E-state index contributed by atoms with van der Waals surface area (Å²) in [5.74, 6) is 0.804. The molecule has 8 heteroatoms. The van der Waals surface area contributed by atoms with E-state index in [1.165, 1.54) is 20.0 Å². The lowest BCUT2D eigenvalue weighted by Crippen LogP contribution is -2.38. The van der Waals surface area contributed by atoms with E-state index in [1.807, 2.05) is 6.92 Å². The Balaban J connectivity index is 1.95. The second-order valence-electron chi connectivity index (χ2n) is 5.65. The fraction of sp³-hybridized carbons (Fsp3) is 0.562. The highest BCUT2D eigenvalue weighted by atomic mass is 32.2. The molecule has 1 saturated carbocycles. The van der Waals surface area contributed by atoms with Crippen LogP contribution in [0.5, 0.6) is 0 Å². The zero-order chi connectivity index (χ0) is 17.4. The van der Waals surface area contributed by atoms with E-state index in [2.05, 4.69) is 20.3 Å². The largest absolute Gasteiger partial charge is 0.383 e. The highest BCUT2D eigenvalue weighted by Crippen LogP contribution is 2.18. The third-order valence-electron chi connectivity index (χ3n) is 3.51. The van der Waals surface area contributed by atoms with Crippen LogP contribution in [0, 0.1) is 0 Å². The van der Waals surface area contributed by atoms with Gasteiger partial charge in [0.15, 0.2) is 5.96 Å². The molecule has 1 aromatic rings. The minimum Gasteiger partial charge on any atom is -0.383 e. The number of aliphatic imine (C=N–C) groups is 1. The highest BCUT2D eigenvalue weighted by molar-refractivity contribution is 7.89. The molecular formula is C16H26N4O3S. The molecule has 24 heavy (non-hydrogen) atoms. The van der Waals surface area contributed by atoms with E-state index in [0.717, 1.165) is 18.1 Å². The van der Waals surface area contributed by atoms with Crippen LogP contribution >= 0.6 is 0 Å². The lowest BCUT2D eigenvalue weighted by atomic mass is 10.2. The van der Waals surface area contributed by atoms with Crippen LogP contribution in [0.15, 0.2) is 34.2 Å². The molecule has 0 amide bonds. The summed E-state index contributed by atoms with van der Waals surface area (Å²) in [6.45, 7) is 3.93. The van der Waals surface area contributed by atoms with Gasteiger partial charge in [-0.15, -0.1) is 0 Å². The first kappa shape index (κ1) is 18.7. The molecule has 0 radical (unpaired) electrons. The second-order valence-corrected chi connectivity index (χ2v) is 7.42. The van der Waals surface area contributed by atoms with Gasteiger partial charge in [0.2, 0.25) is 10.0 Å². The van der Waals surface area contributed by atoms with Gasteiger partial charge in [0.25, 0.3) is 0 Å². The van der Waals surface area contributed by atoms with Gasteiger partial charge in [-0.3, -0.25) is 0 Å². The quantitative estimate of drug-likeness (QED) is 0.347. The lowest BCUT2D eigenvalue weighted by molar-refractivity contribution is 0.204. The molecule has 0 atom stereocenters. The Labute approximate surface area is 143 Å². The van der Waals surface area contributed by atoms with Crippen LogP contribution in [0.1, 0.15) is 25.3 Å². The third-order valence-corrected chi connectivity index (χ3v) is 4.99. The van der Waals surface area contributed by atoms with Crippen molar-refractivity contribution in [3.05, 3.63) is 29.8 Å². The maximum atomic E-state index is 12.1. The number of methoxy groups -OCH3 is 1. The molecule has 0 heterocycles. The van der Waals surface area contributed by atoms with Crippen LogP contribution in [0.4, 0.5) is 0 Å². The number of rotatable bonds is 9. The average Bonchev–Trinajstić information content (AvgIpc) is 3.37. The summed E-state index contributed by atoms with van der Waals surface area (Å²) in [4.78, 5) is 4.77. The predicted octanol–water partition coefficient (Wildman–Crippen LogP) is 0.829. The molecule has 2 rings (SSSR count). The van der Waals surface area contributed by atoms with Crippen LogP contribution in [0.2, 0.25) is 0 Å². The Morgan fingerprint density at radius 2 is 2.00 bits per heavy atom. The Hall–Kier alpha value is -1.64. The van der Waals surface area contributed by atoms with Crippen molar-refractivity contribution < 1.29 is 13.2 Å². The Kier molecular flexibility index (Phi) is 7.01. The van der Waals surface area contributed by atoms with Gasteiger partial charge in [0.05, 0.1) is 18.0 Å². The normalized spacial score (nSPS) is 15.3. The van der Waals surface area contributed by atoms with Crippen LogP contribution in [0.3, 0.4) is 0 Å². The molecule has 1 aliphatic rings. The van der Waals surface area contributed by atoms with Crippen LogP contribution in [0.25, 0.3) is 0 Å². The molecule has 1 aliphatic carbocycles. The number of ether oxygens (including phenoxy) is 1. The number of nitrogens with one attached hydrogen (secondary N) is 3. The van der Waals surface area contributed by atoms with Crippen molar-refractivity contribution >= 4 is 16.0 Å². The lowest BCUT2D eigenvalue weighted by Gasteiger charge is -2.10. The second kappa shape index (κ2) is 9.00. The van der Waals surface area contributed by atoms with Crippen LogP contribution in [-0.4, -0.2) is 47.2 Å². The Morgan fingerprint density at radius 1 is 1.29 bits per heavy atom. The van der Waals surface area contributed by atoms with E-state index in [9.17, 15) is 8.42 Å². The summed E-state index contributed by atoms with van der Waals surface area (Å²) >= 11 is 0. The fourth-order valence-corrected chi connectivity index (χ4v) is 3.06. The summed E-state index contributed by atoms with van der Waals surface area (Å²) in [6, 6.07) is 7.31. The monoisotopic (exact) mass is 354 g/mol. The minimum atomic E-state index is -3.49. The van der Waals surface area contributed by atoms with E-state index in [0.29, 0.717) is 19.2 Å². The van der Waals surface area contributed by atoms with Crippen LogP contribution < -0.4 is 15.4 Å².